The fourth-order valence-corrected chi connectivity index (χ4v) is 0. The molecule has 0 unspecified atom stereocenters. The Morgan fingerprint density at radius 1 is 1.62 bits per heavy atom. The lowest BCUT2D eigenvalue weighted by Gasteiger charge is -1.84. The van der Waals surface area contributed by atoms with Crippen molar-refractivity contribution in [1.82, 2.24) is 0 Å². The van der Waals surface area contributed by atoms with Crippen molar-refractivity contribution in [2.24, 2.45) is 0 Å². The van der Waals surface area contributed by atoms with Gasteiger partial charge >= 0.3 is 0 Å². The molecule has 8 heavy (non-hydrogen) atoms. The zero-order chi connectivity index (χ0) is 7.21. The second-order valence-corrected chi connectivity index (χ2v) is 1.45. The molecule has 0 aromatic carbocycles. The molecule has 3 nitrogen and oxygen atoms in total. The van der Waals surface area contributed by atoms with Crippen LogP contribution in [0.4, 0.5) is 8.28 Å². The summed E-state index contributed by atoms with van der Waals surface area (Å²) < 4.78 is 45.6. The van der Waals surface area contributed by atoms with Gasteiger partial charge < -0.3 is 4.55 Å². The van der Waals surface area contributed by atoms with E-state index in [2.05, 4.69) is 0 Å². The Kier molecular flexibility index (Phi) is 6.58. The van der Waals surface area contributed by atoms with Gasteiger partial charge in [0, 0.05) is 0 Å². The minimum absolute atomic E-state index is 0.250. The maximum atomic E-state index is 10.3. The summed E-state index contributed by atoms with van der Waals surface area (Å²) in [7, 11) is -5.42. The molecular formula is C2H5F2O3S-. The number of hydrogen-bond acceptors (Lipinski definition) is 3. The van der Waals surface area contributed by atoms with Gasteiger partial charge in [-0.1, -0.05) is 0 Å². The van der Waals surface area contributed by atoms with Crippen LogP contribution in [0.25, 0.3) is 0 Å². The number of hydrogen-bond donors (Lipinski definition) is 0. The van der Waals surface area contributed by atoms with E-state index in [1.54, 1.807) is 0 Å². The number of alkyl halides is 1. The highest BCUT2D eigenvalue weighted by atomic mass is 32.3. The Labute approximate surface area is 46.4 Å². The first-order chi connectivity index (χ1) is 3.41. The van der Waals surface area contributed by atoms with Crippen molar-refractivity contribution in [1.29, 1.82) is 0 Å². The van der Waals surface area contributed by atoms with Crippen molar-refractivity contribution in [3.05, 3.63) is 0 Å². The molecule has 0 aromatic rings. The summed E-state index contributed by atoms with van der Waals surface area (Å²) in [6, 6.07) is 0. The summed E-state index contributed by atoms with van der Waals surface area (Å²) in [6.07, 6.45) is 0. The first-order valence-electron chi connectivity index (χ1n) is 1.63. The van der Waals surface area contributed by atoms with Crippen LogP contribution in [0, 0.1) is 0 Å². The fraction of sp³-hybridized carbons (Fsp3) is 1.00. The van der Waals surface area contributed by atoms with Gasteiger partial charge in [-0.15, -0.1) is 3.89 Å². The molecule has 0 amide bonds. The van der Waals surface area contributed by atoms with E-state index in [1.165, 1.54) is 6.92 Å². The summed E-state index contributed by atoms with van der Waals surface area (Å²) in [5, 5.41) is 0. The van der Waals surface area contributed by atoms with Crippen LogP contribution < -0.4 is 0 Å². The Bertz CT molecular complexity index is 109. The van der Waals surface area contributed by atoms with E-state index in [1.807, 2.05) is 0 Å². The van der Waals surface area contributed by atoms with Crippen LogP contribution in [0.1, 0.15) is 6.92 Å². The van der Waals surface area contributed by atoms with Crippen LogP contribution >= 0.6 is 0 Å². The molecule has 0 aliphatic heterocycles. The van der Waals surface area contributed by atoms with Crippen LogP contribution in [-0.4, -0.2) is 19.6 Å². The Morgan fingerprint density at radius 3 is 1.62 bits per heavy atom. The van der Waals surface area contributed by atoms with Gasteiger partial charge in [-0.3, -0.25) is 4.39 Å². The molecule has 0 bridgehead atoms. The van der Waals surface area contributed by atoms with Gasteiger partial charge in [-0.2, -0.15) is 0 Å². The van der Waals surface area contributed by atoms with Crippen LogP contribution in [-0.2, 0) is 10.5 Å². The van der Waals surface area contributed by atoms with E-state index in [9.17, 15) is 8.28 Å². The summed E-state index contributed by atoms with van der Waals surface area (Å²) in [5.74, 6) is 0. The Hall–Kier alpha value is -0.230. The Balaban J connectivity index is 0. The van der Waals surface area contributed by atoms with E-state index >= 15 is 0 Å². The zero-order valence-electron chi connectivity index (χ0n) is 4.10. The molecule has 0 saturated heterocycles. The molecular weight excluding hydrogens is 142 g/mol. The van der Waals surface area contributed by atoms with E-state index in [0.717, 1.165) is 0 Å². The van der Waals surface area contributed by atoms with Crippen LogP contribution in [0.5, 0.6) is 0 Å². The van der Waals surface area contributed by atoms with Gasteiger partial charge in [0.25, 0.3) is 10.5 Å². The van der Waals surface area contributed by atoms with Gasteiger partial charge in [0.2, 0.25) is 0 Å². The molecule has 0 N–H and O–H groups in total. The lowest BCUT2D eigenvalue weighted by Crippen LogP contribution is -1.81. The maximum Gasteiger partial charge on any atom is 0.255 e. The minimum Gasteiger partial charge on any atom is -0.722 e. The first-order valence-corrected chi connectivity index (χ1v) is 2.94. The second-order valence-electron chi connectivity index (χ2n) is 0.660. The van der Waals surface area contributed by atoms with E-state index in [0.29, 0.717) is 0 Å². The van der Waals surface area contributed by atoms with Gasteiger partial charge in [0.1, 0.15) is 0 Å². The number of rotatable bonds is 0. The molecule has 0 fully saturated rings. The highest BCUT2D eigenvalue weighted by Gasteiger charge is 1.73. The quantitative estimate of drug-likeness (QED) is 0.368. The molecule has 0 spiro atoms. The monoisotopic (exact) mass is 147 g/mol. The molecule has 6 heteroatoms. The summed E-state index contributed by atoms with van der Waals surface area (Å²) in [4.78, 5) is 0. The van der Waals surface area contributed by atoms with E-state index in [-0.39, 0.29) is 6.67 Å². The molecule has 0 heterocycles. The molecule has 0 rings (SSSR count). The zero-order valence-corrected chi connectivity index (χ0v) is 4.91. The molecule has 52 valence electrons. The van der Waals surface area contributed by atoms with Crippen molar-refractivity contribution in [3.8, 4) is 0 Å². The van der Waals surface area contributed by atoms with Gasteiger partial charge in [0.15, 0.2) is 0 Å². The standard InChI is InChI=1S/C2H5F.FHO3S/c1-2-3;1-5(2,3)4/h2H2,1H3;(H,2,3,4)/p-1. The van der Waals surface area contributed by atoms with Gasteiger partial charge in [-0.25, -0.2) is 8.42 Å². The maximum absolute atomic E-state index is 10.3. The average molecular weight is 147 g/mol. The smallest absolute Gasteiger partial charge is 0.255 e. The first kappa shape index (κ1) is 10.7. The molecule has 0 aliphatic carbocycles. The SMILES string of the molecule is CCF.O=S(=O)([O-])F. The van der Waals surface area contributed by atoms with Crippen molar-refractivity contribution >= 4 is 10.5 Å². The van der Waals surface area contributed by atoms with Crippen molar-refractivity contribution < 1.29 is 21.2 Å². The van der Waals surface area contributed by atoms with Crippen LogP contribution in [0.2, 0.25) is 0 Å². The summed E-state index contributed by atoms with van der Waals surface area (Å²) in [5.41, 5.74) is 0. The molecule has 0 aromatic heterocycles. The lowest BCUT2D eigenvalue weighted by molar-refractivity contribution is 0.417. The highest BCUT2D eigenvalue weighted by Crippen LogP contribution is 1.73. The summed E-state index contributed by atoms with van der Waals surface area (Å²) >= 11 is 0. The average Bonchev–Trinajstić information content (AvgIpc) is 1.27. The van der Waals surface area contributed by atoms with Crippen LogP contribution in [0.15, 0.2) is 0 Å². The van der Waals surface area contributed by atoms with Crippen molar-refractivity contribution in [2.45, 2.75) is 6.92 Å². The Morgan fingerprint density at radius 2 is 1.62 bits per heavy atom. The molecule has 0 atom stereocenters. The van der Waals surface area contributed by atoms with Crippen molar-refractivity contribution in [3.63, 3.8) is 0 Å². The second kappa shape index (κ2) is 4.92. The third kappa shape index (κ3) is 2480. The predicted octanol–water partition coefficient (Wildman–Crippen LogP) is 0.392. The fourth-order valence-electron chi connectivity index (χ4n) is 0. The number of halogens is 2. The summed E-state index contributed by atoms with van der Waals surface area (Å²) in [6.45, 7) is 1.21. The predicted molar refractivity (Wildman–Crippen MR) is 22.5 cm³/mol. The van der Waals surface area contributed by atoms with Gasteiger partial charge in [0.05, 0.1) is 6.67 Å². The highest BCUT2D eigenvalue weighted by molar-refractivity contribution is 7.80. The molecule has 0 saturated carbocycles. The van der Waals surface area contributed by atoms with Crippen LogP contribution in [0.3, 0.4) is 0 Å². The molecule has 0 radical (unpaired) electrons. The minimum atomic E-state index is -5.42. The lowest BCUT2D eigenvalue weighted by atomic mass is 10.9. The molecule has 0 aliphatic rings. The van der Waals surface area contributed by atoms with E-state index < -0.39 is 10.5 Å². The van der Waals surface area contributed by atoms with Gasteiger partial charge in [-0.05, 0) is 6.92 Å². The normalized spacial score (nSPS) is 9.50. The largest absolute Gasteiger partial charge is 0.722 e. The third-order valence-electron chi connectivity index (χ3n) is 0. The topological polar surface area (TPSA) is 57.2 Å². The van der Waals surface area contributed by atoms with Crippen molar-refractivity contribution in [2.75, 3.05) is 6.67 Å². The van der Waals surface area contributed by atoms with E-state index in [4.69, 9.17) is 13.0 Å². The third-order valence-corrected chi connectivity index (χ3v) is 0.